The zero-order chi connectivity index (χ0) is 17.7. The monoisotopic (exact) mass is 370 g/mol. The molecule has 3 saturated heterocycles. The summed E-state index contributed by atoms with van der Waals surface area (Å²) in [6.45, 7) is 4.41. The summed E-state index contributed by atoms with van der Waals surface area (Å²) < 4.78 is 6.45. The van der Waals surface area contributed by atoms with Crippen LogP contribution in [-0.4, -0.2) is 47.2 Å². The summed E-state index contributed by atoms with van der Waals surface area (Å²) in [4.78, 5) is 24.4. The van der Waals surface area contributed by atoms with Crippen molar-refractivity contribution in [2.45, 2.75) is 31.5 Å². The number of hydrogen-bond acceptors (Lipinski definition) is 6. The van der Waals surface area contributed by atoms with E-state index in [-0.39, 0.29) is 17.6 Å². The van der Waals surface area contributed by atoms with Gasteiger partial charge in [-0.1, -0.05) is 0 Å². The van der Waals surface area contributed by atoms with Gasteiger partial charge in [0.15, 0.2) is 0 Å². The van der Waals surface area contributed by atoms with Crippen LogP contribution in [0.1, 0.15) is 28.1 Å². The molecule has 6 nitrogen and oxygen atoms in total. The van der Waals surface area contributed by atoms with Gasteiger partial charge in [0.1, 0.15) is 0 Å². The molecule has 1 amide bonds. The number of aromatic nitrogens is 2. The van der Waals surface area contributed by atoms with Gasteiger partial charge < -0.3 is 15.0 Å². The van der Waals surface area contributed by atoms with Crippen molar-refractivity contribution in [3.05, 3.63) is 40.3 Å². The van der Waals surface area contributed by atoms with Crippen LogP contribution in [0, 0.1) is 18.8 Å². The molecule has 4 atom stereocenters. The molecule has 2 bridgehead atoms. The minimum Gasteiger partial charge on any atom is -0.369 e. The Morgan fingerprint density at radius 2 is 2.31 bits per heavy atom. The van der Waals surface area contributed by atoms with Crippen molar-refractivity contribution in [2.24, 2.45) is 11.8 Å². The molecule has 5 heterocycles. The van der Waals surface area contributed by atoms with Gasteiger partial charge in [-0.15, -0.1) is 11.3 Å². The summed E-state index contributed by atoms with van der Waals surface area (Å²) in [5.41, 5.74) is 0.958. The van der Waals surface area contributed by atoms with Crippen LogP contribution in [0.3, 0.4) is 0 Å². The first kappa shape index (κ1) is 16.2. The van der Waals surface area contributed by atoms with E-state index in [1.807, 2.05) is 24.4 Å². The Balaban J connectivity index is 1.30. The molecule has 26 heavy (non-hydrogen) atoms. The average Bonchev–Trinajstić information content (AvgIpc) is 3.40. The van der Waals surface area contributed by atoms with E-state index in [1.165, 1.54) is 11.3 Å². The molecule has 3 fully saturated rings. The van der Waals surface area contributed by atoms with Crippen LogP contribution in [0.4, 0.5) is 5.95 Å². The Hall–Kier alpha value is -1.99. The number of thiophene rings is 1. The molecule has 1 N–H and O–H groups in total. The molecule has 2 aromatic rings. The summed E-state index contributed by atoms with van der Waals surface area (Å²) in [6.07, 6.45) is 6.02. The second-order valence-electron chi connectivity index (χ2n) is 7.60. The van der Waals surface area contributed by atoms with Crippen molar-refractivity contribution < 1.29 is 9.53 Å². The van der Waals surface area contributed by atoms with E-state index in [1.54, 1.807) is 12.4 Å². The molecule has 2 aromatic heterocycles. The molecule has 5 rings (SSSR count). The molecule has 1 spiro atoms. The molecule has 3 aliphatic heterocycles. The average molecular weight is 370 g/mol. The SMILES string of the molecule is Cc1ccsc1C(=O)NC[C@H]1[C@H]2CN(c3ncccn3)C[C@]23CC[C@H]1O3. The maximum absolute atomic E-state index is 12.5. The third-order valence-corrected chi connectivity index (χ3v) is 7.20. The number of anilines is 1. The van der Waals surface area contributed by atoms with E-state index in [4.69, 9.17) is 4.74 Å². The molecule has 7 heteroatoms. The summed E-state index contributed by atoms with van der Waals surface area (Å²) in [6, 6.07) is 3.83. The normalized spacial score (nSPS) is 32.0. The fourth-order valence-corrected chi connectivity index (χ4v) is 5.81. The second kappa shape index (κ2) is 6.03. The first-order valence-corrected chi connectivity index (χ1v) is 10.1. The minimum absolute atomic E-state index is 0.0376. The van der Waals surface area contributed by atoms with E-state index in [0.29, 0.717) is 18.4 Å². The number of amides is 1. The lowest BCUT2D eigenvalue weighted by Gasteiger charge is -2.29. The third kappa shape index (κ3) is 2.45. The van der Waals surface area contributed by atoms with Crippen molar-refractivity contribution in [1.82, 2.24) is 15.3 Å². The van der Waals surface area contributed by atoms with Gasteiger partial charge in [-0.05, 0) is 42.8 Å². The fraction of sp³-hybridized carbons (Fsp3) is 0.526. The van der Waals surface area contributed by atoms with Crippen LogP contribution in [0.2, 0.25) is 0 Å². The lowest BCUT2D eigenvalue weighted by Crippen LogP contribution is -2.41. The van der Waals surface area contributed by atoms with E-state index in [2.05, 4.69) is 20.2 Å². The van der Waals surface area contributed by atoms with E-state index in [9.17, 15) is 4.79 Å². The lowest BCUT2D eigenvalue weighted by molar-refractivity contribution is 0.0141. The Labute approximate surface area is 156 Å². The maximum atomic E-state index is 12.5. The standard InChI is InChI=1S/C19H22N4O2S/c1-12-4-8-26-16(12)17(24)22-9-13-14-10-23(18-20-6-2-7-21-18)11-19(14)5-3-15(13)25-19/h2,4,6-8,13-15H,3,5,9-11H2,1H3,(H,22,24)/t13-,14+,15+,19+/m0/s1. The maximum Gasteiger partial charge on any atom is 0.261 e. The van der Waals surface area contributed by atoms with Gasteiger partial charge in [0.05, 0.1) is 23.1 Å². The van der Waals surface area contributed by atoms with E-state index >= 15 is 0 Å². The number of rotatable bonds is 4. The topological polar surface area (TPSA) is 67.4 Å². The van der Waals surface area contributed by atoms with Crippen molar-refractivity contribution in [3.63, 3.8) is 0 Å². The number of ether oxygens (including phenoxy) is 1. The van der Waals surface area contributed by atoms with Crippen LogP contribution >= 0.6 is 11.3 Å². The number of nitrogens with one attached hydrogen (secondary N) is 1. The van der Waals surface area contributed by atoms with Crippen LogP contribution in [0.15, 0.2) is 29.9 Å². The molecule has 3 aliphatic rings. The van der Waals surface area contributed by atoms with Crippen molar-refractivity contribution in [2.75, 3.05) is 24.5 Å². The van der Waals surface area contributed by atoms with Gasteiger partial charge >= 0.3 is 0 Å². The summed E-state index contributed by atoms with van der Waals surface area (Å²) in [5, 5.41) is 5.13. The summed E-state index contributed by atoms with van der Waals surface area (Å²) in [7, 11) is 0. The predicted octanol–water partition coefficient (Wildman–Crippen LogP) is 2.26. The van der Waals surface area contributed by atoms with Gasteiger partial charge in [-0.2, -0.15) is 0 Å². The van der Waals surface area contributed by atoms with Gasteiger partial charge in [0, 0.05) is 37.3 Å². The molecule has 0 aliphatic carbocycles. The van der Waals surface area contributed by atoms with Crippen molar-refractivity contribution >= 4 is 23.2 Å². The summed E-state index contributed by atoms with van der Waals surface area (Å²) >= 11 is 1.50. The molecule has 0 aromatic carbocycles. The Bertz CT molecular complexity index is 826. The van der Waals surface area contributed by atoms with Gasteiger partial charge in [-0.25, -0.2) is 9.97 Å². The highest BCUT2D eigenvalue weighted by Crippen LogP contribution is 2.54. The molecule has 0 unspecified atom stereocenters. The highest BCUT2D eigenvalue weighted by molar-refractivity contribution is 7.12. The van der Waals surface area contributed by atoms with Crippen LogP contribution in [0.5, 0.6) is 0 Å². The molecular formula is C19H22N4O2S. The van der Waals surface area contributed by atoms with Crippen LogP contribution < -0.4 is 10.2 Å². The molecular weight excluding hydrogens is 348 g/mol. The highest BCUT2D eigenvalue weighted by Gasteiger charge is 2.63. The first-order chi connectivity index (χ1) is 12.7. The Morgan fingerprint density at radius 1 is 1.46 bits per heavy atom. The first-order valence-electron chi connectivity index (χ1n) is 9.18. The summed E-state index contributed by atoms with van der Waals surface area (Å²) in [5.74, 6) is 1.60. The predicted molar refractivity (Wildman–Crippen MR) is 99.5 cm³/mol. The second-order valence-corrected chi connectivity index (χ2v) is 8.52. The quantitative estimate of drug-likeness (QED) is 0.894. The van der Waals surface area contributed by atoms with E-state index < -0.39 is 0 Å². The van der Waals surface area contributed by atoms with Crippen LogP contribution in [-0.2, 0) is 4.74 Å². The van der Waals surface area contributed by atoms with Crippen LogP contribution in [0.25, 0.3) is 0 Å². The number of aryl methyl sites for hydroxylation is 1. The van der Waals surface area contributed by atoms with Gasteiger partial charge in [0.2, 0.25) is 5.95 Å². The van der Waals surface area contributed by atoms with Crippen molar-refractivity contribution in [1.29, 1.82) is 0 Å². The number of hydrogen-bond donors (Lipinski definition) is 1. The molecule has 136 valence electrons. The minimum atomic E-state index is -0.0852. The van der Waals surface area contributed by atoms with Crippen molar-refractivity contribution in [3.8, 4) is 0 Å². The highest BCUT2D eigenvalue weighted by atomic mass is 32.1. The number of carbonyl (C=O) groups excluding carboxylic acids is 1. The smallest absolute Gasteiger partial charge is 0.261 e. The lowest BCUT2D eigenvalue weighted by atomic mass is 9.73. The number of fused-ring (bicyclic) bond motifs is 1. The largest absolute Gasteiger partial charge is 0.369 e. The number of carbonyl (C=O) groups is 1. The Kier molecular flexibility index (Phi) is 3.76. The molecule has 0 saturated carbocycles. The fourth-order valence-electron chi connectivity index (χ4n) is 4.97. The number of nitrogens with zero attached hydrogens (tertiary/aromatic N) is 3. The van der Waals surface area contributed by atoms with E-state index in [0.717, 1.165) is 42.3 Å². The zero-order valence-corrected chi connectivity index (χ0v) is 15.5. The van der Waals surface area contributed by atoms with Gasteiger partial charge in [0.25, 0.3) is 5.91 Å². The molecule has 0 radical (unpaired) electrons. The zero-order valence-electron chi connectivity index (χ0n) is 14.7. The Morgan fingerprint density at radius 3 is 3.08 bits per heavy atom. The van der Waals surface area contributed by atoms with Gasteiger partial charge in [-0.3, -0.25) is 4.79 Å². The third-order valence-electron chi connectivity index (χ3n) is 6.19.